The highest BCUT2D eigenvalue weighted by Crippen LogP contribution is 2.53. The molecule has 0 bridgehead atoms. The number of phenols is 1. The summed E-state index contributed by atoms with van der Waals surface area (Å²) in [6.07, 6.45) is -2.03. The molecule has 5 rings (SSSR count). The minimum absolute atomic E-state index is 0.0115. The number of urea groups is 2. The summed E-state index contributed by atoms with van der Waals surface area (Å²) in [6.45, 7) is 10.8. The maximum absolute atomic E-state index is 14.9. The van der Waals surface area contributed by atoms with Crippen LogP contribution in [0.4, 0.5) is 14.4 Å². The molecule has 121 heavy (non-hydrogen) atoms. The second-order valence-electron chi connectivity index (χ2n) is 29.8. The minimum atomic E-state index is -2.00. The Balaban J connectivity index is 1.07. The molecule has 2 aromatic carbocycles. The summed E-state index contributed by atoms with van der Waals surface area (Å²) in [5.74, 6) is -17.0. The molecular weight excluding hydrogens is 1650 g/mol. The summed E-state index contributed by atoms with van der Waals surface area (Å²) in [5.41, 5.74) is 5.15. The first-order chi connectivity index (χ1) is 57.2. The first-order valence-electron chi connectivity index (χ1n) is 39.3. The van der Waals surface area contributed by atoms with Crippen LogP contribution in [-0.2, 0) is 91.2 Å². The Morgan fingerprint density at radius 3 is 1.86 bits per heavy atom. The third kappa shape index (κ3) is 34.1. The number of ether oxygens (including phenoxy) is 2. The zero-order chi connectivity index (χ0) is 89.8. The van der Waals surface area contributed by atoms with Crippen LogP contribution in [0.25, 0.3) is 0 Å². The van der Waals surface area contributed by atoms with Gasteiger partial charge in [0.25, 0.3) is 5.91 Å². The predicted molar refractivity (Wildman–Crippen MR) is 435 cm³/mol. The Morgan fingerprint density at radius 2 is 1.26 bits per heavy atom. The summed E-state index contributed by atoms with van der Waals surface area (Å²) >= 11 is 0.989. The molecule has 1 aromatic heterocycles. The number of aromatic nitrogens is 1. The number of carboxylic acids is 6. The third-order valence-corrected chi connectivity index (χ3v) is 23.5. The Labute approximate surface area is 709 Å². The number of likely N-dealkylation sites (N-methyl/N-ethyl adjacent to an activating group) is 1. The number of hydrogen-bond acceptors (Lipinski definition) is 26. The quantitative estimate of drug-likeness (QED) is 0.0127. The van der Waals surface area contributed by atoms with E-state index in [1.54, 1.807) is 12.1 Å². The number of aliphatic hydroxyl groups is 1. The number of phenolic OH excluding ortho intramolecular Hbond substituents is 1. The van der Waals surface area contributed by atoms with E-state index in [1.807, 2.05) is 47.0 Å². The van der Waals surface area contributed by atoms with Gasteiger partial charge in [0.15, 0.2) is 6.73 Å². The Bertz CT molecular complexity index is 4090. The summed E-state index contributed by atoms with van der Waals surface area (Å²) in [4.78, 5) is 225. The average molecular weight is 1760 g/mol. The zero-order valence-corrected chi connectivity index (χ0v) is 70.5. The lowest BCUT2D eigenvalue weighted by Crippen LogP contribution is -2.60. The van der Waals surface area contributed by atoms with E-state index in [0.717, 1.165) is 52.3 Å². The number of aromatic hydroxyl groups is 1. The van der Waals surface area contributed by atoms with Gasteiger partial charge in [0.1, 0.15) is 71.0 Å². The number of aliphatic hydroxyl groups excluding tert-OH is 1. The molecule has 44 heteroatoms. The molecule has 19 N–H and O–H groups in total. The third-order valence-electron chi connectivity index (χ3n) is 20.1. The van der Waals surface area contributed by atoms with Crippen LogP contribution in [0.15, 0.2) is 53.9 Å². The molecule has 1 aliphatic heterocycles. The number of carbonyl (C=O) groups excluding carboxylic acids is 11. The van der Waals surface area contributed by atoms with Crippen LogP contribution in [0.3, 0.4) is 0 Å². The number of carbonyl (C=O) groups is 17. The largest absolute Gasteiger partial charge is 0.508 e. The lowest BCUT2D eigenvalue weighted by atomic mass is 9.92. The van der Waals surface area contributed by atoms with Crippen molar-refractivity contribution in [3.05, 3.63) is 81.3 Å². The maximum Gasteiger partial charge on any atom is 0.426 e. The number of thiazole rings is 1. The molecule has 2 fully saturated rings. The molecular formula is C77H110N14O27S3. The zero-order valence-electron chi connectivity index (χ0n) is 68.1. The number of aliphatic carboxylic acids is 6. The number of unbranched alkanes of at least 4 members (excludes halogenated alkanes) is 1. The van der Waals surface area contributed by atoms with E-state index in [2.05, 4.69) is 63.3 Å². The maximum atomic E-state index is 14.9. The van der Waals surface area contributed by atoms with E-state index in [1.165, 1.54) is 53.6 Å². The van der Waals surface area contributed by atoms with Crippen molar-refractivity contribution in [2.24, 2.45) is 23.7 Å². The van der Waals surface area contributed by atoms with Crippen molar-refractivity contribution in [1.82, 2.24) is 73.5 Å². The predicted octanol–water partition coefficient (Wildman–Crippen LogP) is 2.72. The first-order valence-corrected chi connectivity index (χ1v) is 42.7. The minimum Gasteiger partial charge on any atom is -0.508 e. The van der Waals surface area contributed by atoms with Crippen LogP contribution in [-0.4, -0.2) is 256 Å². The molecule has 12 amide bonds. The van der Waals surface area contributed by atoms with Crippen LogP contribution in [0, 0.1) is 23.7 Å². The fourth-order valence-corrected chi connectivity index (χ4v) is 15.9. The molecule has 2 heterocycles. The molecule has 668 valence electrons. The van der Waals surface area contributed by atoms with Gasteiger partial charge < -0.3 is 103 Å². The SMILES string of the molecule is CCCC(=O)OCN(C(=O)[C@@H](NC(=O)C12CC1CCCN2C)C(C)CC)[C@H](C[C@@H](O)c1nc(C(=O)N[C@@H](Cc2ccc(O)cc2)C[C@H](C)C(=O)NNC(=O)OCCSSC[C@H](NC(=O)[C@H](CC(=O)O)NC(=O)[C@H](CC(=O)O)NC(=O)Cc2ccc(CNC(=O)NCCCC[C@@H](NC(=O)N[C@@H](CCC(=O)O)C(=O)O)C(=O)O)cc2)C(=O)O)cs1)C(C)C. The second-order valence-corrected chi connectivity index (χ2v) is 33.3. The first kappa shape index (κ1) is 100. The van der Waals surface area contributed by atoms with Gasteiger partial charge in [0.05, 0.1) is 19.3 Å². The van der Waals surface area contributed by atoms with Gasteiger partial charge >= 0.3 is 59.9 Å². The lowest BCUT2D eigenvalue weighted by molar-refractivity contribution is -0.160. The molecule has 1 saturated heterocycles. The number of carboxylic acid groups (broad SMARTS) is 6. The van der Waals surface area contributed by atoms with Gasteiger partial charge in [-0.05, 0) is 124 Å². The highest BCUT2D eigenvalue weighted by atomic mass is 33.1. The highest BCUT2D eigenvalue weighted by Gasteiger charge is 2.64. The van der Waals surface area contributed by atoms with Crippen LogP contribution in [0.2, 0.25) is 0 Å². The monoisotopic (exact) mass is 1760 g/mol. The Hall–Kier alpha value is -11.1. The van der Waals surface area contributed by atoms with E-state index in [0.29, 0.717) is 36.0 Å². The number of esters is 1. The van der Waals surface area contributed by atoms with Gasteiger partial charge in [-0.1, -0.05) is 106 Å². The van der Waals surface area contributed by atoms with E-state index in [9.17, 15) is 117 Å². The van der Waals surface area contributed by atoms with Gasteiger partial charge in [-0.25, -0.2) is 39.2 Å². The second kappa shape index (κ2) is 50.2. The molecule has 1 aliphatic carbocycles. The number of amides is 12. The van der Waals surface area contributed by atoms with Crippen molar-refractivity contribution in [3.8, 4) is 5.75 Å². The molecule has 1 saturated carbocycles. The number of piperidine rings is 1. The van der Waals surface area contributed by atoms with Crippen molar-refractivity contribution in [2.75, 3.05) is 45.0 Å². The number of hydrazine groups is 1. The van der Waals surface area contributed by atoms with Gasteiger partial charge in [-0.15, -0.1) is 11.3 Å². The summed E-state index contributed by atoms with van der Waals surface area (Å²) in [5, 5.41) is 102. The number of nitrogens with zero attached hydrogens (tertiary/aromatic N) is 3. The normalized spacial score (nSPS) is 16.8. The van der Waals surface area contributed by atoms with Crippen molar-refractivity contribution in [2.45, 2.75) is 217 Å². The van der Waals surface area contributed by atoms with Crippen LogP contribution < -0.4 is 58.7 Å². The molecule has 13 atom stereocenters. The fourth-order valence-electron chi connectivity index (χ4n) is 13.1. The molecule has 0 spiro atoms. The molecule has 41 nitrogen and oxygen atoms in total. The number of hydrogen-bond donors (Lipinski definition) is 19. The van der Waals surface area contributed by atoms with E-state index in [4.69, 9.17) is 14.6 Å². The summed E-state index contributed by atoms with van der Waals surface area (Å²) in [6, 6.07) is -0.751. The van der Waals surface area contributed by atoms with Crippen molar-refractivity contribution in [1.29, 1.82) is 0 Å². The molecule has 3 unspecified atom stereocenters. The number of nitrogens with one attached hydrogen (secondary N) is 11. The van der Waals surface area contributed by atoms with E-state index >= 15 is 0 Å². The van der Waals surface area contributed by atoms with Crippen LogP contribution in [0.1, 0.15) is 176 Å². The Morgan fingerprint density at radius 1 is 0.653 bits per heavy atom. The van der Waals surface area contributed by atoms with Gasteiger partial charge in [0.2, 0.25) is 35.4 Å². The standard InChI is InChI=1S/C77H110N14O27S3/c1-8-13-62(101)118-40-91(69(106)63(42(5)9-2)87-73(113)77-36-47(77)14-12-27-90(77)7)56(41(3)4)35-57(93)68-84-54(38-119-68)67(105)80-48(31-44-20-22-49(92)23-21-44)30-43(6)64(102)88-89-76(116)117-28-29-120-121-39-55(72(111)112)83-66(104)53(34-61(99)100)82-65(103)52(33-60(97)98)81-58(94)32-45-16-18-46(19-17-45)37-79-74(114)78-26-11-10-15-50(70(107)108)85-75(115)86-51(71(109)110)24-25-59(95)96/h16-23,38,41-43,47-48,50-53,55-57,63,92-93H,8-15,24-37,39-40H2,1-7H3,(H,80,105)(H,81,94)(H,82,103)(H,83,104)(H,87,113)(H,88,102)(H,89,116)(H,95,96)(H,97,98)(H,99,100)(H,107,108)(H,109,110)(H,111,112)(H2,78,79,114)(H2,85,86,115)/t42?,43-,47?,48+,50+,51-,52-,53-,55-,56+,57+,63-,77?/m0/s1. The topological polar surface area (TPSA) is 622 Å². The van der Waals surface area contributed by atoms with Crippen molar-refractivity contribution < 1.29 is 132 Å². The summed E-state index contributed by atoms with van der Waals surface area (Å²) in [7, 11) is 3.77. The summed E-state index contributed by atoms with van der Waals surface area (Å²) < 4.78 is 10.8. The number of benzene rings is 2. The van der Waals surface area contributed by atoms with Crippen LogP contribution >= 0.6 is 32.9 Å². The molecule has 3 aromatic rings. The van der Waals surface area contributed by atoms with Gasteiger partial charge in [-0.2, -0.15) is 0 Å². The molecule has 0 radical (unpaired) electrons. The lowest BCUT2D eigenvalue weighted by Gasteiger charge is -2.39. The average Bonchev–Trinajstić information content (AvgIpc) is 1.56. The number of fused-ring (bicyclic) bond motifs is 1. The highest BCUT2D eigenvalue weighted by molar-refractivity contribution is 8.76. The van der Waals surface area contributed by atoms with Gasteiger partial charge in [0, 0.05) is 67.2 Å². The Kier molecular flexibility index (Phi) is 41.7. The molecule has 2 aliphatic rings. The smallest absolute Gasteiger partial charge is 0.426 e. The van der Waals surface area contributed by atoms with Crippen molar-refractivity contribution >= 4 is 134 Å². The van der Waals surface area contributed by atoms with Crippen LogP contribution in [0.5, 0.6) is 5.75 Å². The fraction of sp³-hybridized carbons (Fsp3) is 0.584. The van der Waals surface area contributed by atoms with Crippen molar-refractivity contribution in [3.63, 3.8) is 0 Å². The number of likely N-dealkylation sites (tertiary alicyclic amines) is 1. The van der Waals surface area contributed by atoms with E-state index < -0.39 is 200 Å². The van der Waals surface area contributed by atoms with E-state index in [-0.39, 0.29) is 116 Å². The van der Waals surface area contributed by atoms with Gasteiger partial charge in [-0.3, -0.25) is 63.1 Å². The number of rotatable bonds is 53.